The molecule has 0 saturated heterocycles. The van der Waals surface area contributed by atoms with Gasteiger partial charge in [-0.25, -0.2) is 0 Å². The molecule has 0 fully saturated rings. The zero-order valence-electron chi connectivity index (χ0n) is 7.89. The minimum atomic E-state index is 1.19. The van der Waals surface area contributed by atoms with Crippen molar-refractivity contribution in [3.8, 4) is 0 Å². The fraction of sp³-hybridized carbons (Fsp3) is 0.400. The van der Waals surface area contributed by atoms with Gasteiger partial charge in [0.25, 0.3) is 0 Å². The molecule has 1 N–H and O–H groups in total. The van der Waals surface area contributed by atoms with Gasteiger partial charge in [0, 0.05) is 16.3 Å². The average Bonchev–Trinajstić information content (AvgIpc) is 2.07. The lowest BCUT2D eigenvalue weighted by Crippen LogP contribution is -1.89. The fourth-order valence-electron chi connectivity index (χ4n) is 0.664. The standard InChI is InChI=1S/C7H8IN.C3H8/c1-9-7-5-3-2-4-6(7)8;1-3-2/h2-5,9H,1H3;3H2,1-2H3. The Balaban J connectivity index is 0.000000354. The molecule has 68 valence electrons. The first-order chi connectivity index (χ1) is 5.76. The molecule has 1 nitrogen and oxygen atoms in total. The van der Waals surface area contributed by atoms with Gasteiger partial charge < -0.3 is 5.32 Å². The van der Waals surface area contributed by atoms with Crippen LogP contribution in [0.1, 0.15) is 20.3 Å². The summed E-state index contributed by atoms with van der Waals surface area (Å²) in [5.41, 5.74) is 1.19. The fourth-order valence-corrected chi connectivity index (χ4v) is 1.32. The molecule has 0 atom stereocenters. The van der Waals surface area contributed by atoms with Gasteiger partial charge in [-0.05, 0) is 34.7 Å². The van der Waals surface area contributed by atoms with Crippen molar-refractivity contribution in [1.29, 1.82) is 0 Å². The van der Waals surface area contributed by atoms with E-state index in [1.165, 1.54) is 15.7 Å². The van der Waals surface area contributed by atoms with Gasteiger partial charge in [-0.1, -0.05) is 32.4 Å². The molecule has 0 spiro atoms. The second kappa shape index (κ2) is 7.40. The van der Waals surface area contributed by atoms with Crippen LogP contribution in [0.5, 0.6) is 0 Å². The quantitative estimate of drug-likeness (QED) is 0.771. The minimum absolute atomic E-state index is 1.19. The maximum atomic E-state index is 3.09. The van der Waals surface area contributed by atoms with Gasteiger partial charge >= 0.3 is 0 Å². The summed E-state index contributed by atoms with van der Waals surface area (Å²) in [6.07, 6.45) is 1.25. The van der Waals surface area contributed by atoms with E-state index in [2.05, 4.69) is 53.9 Å². The van der Waals surface area contributed by atoms with Crippen LogP contribution in [-0.2, 0) is 0 Å². The first-order valence-corrected chi connectivity index (χ1v) is 5.26. The van der Waals surface area contributed by atoms with Gasteiger partial charge in [0.1, 0.15) is 0 Å². The van der Waals surface area contributed by atoms with E-state index in [-0.39, 0.29) is 0 Å². The number of nitrogens with one attached hydrogen (secondary N) is 1. The first-order valence-electron chi connectivity index (χ1n) is 4.18. The van der Waals surface area contributed by atoms with Crippen molar-refractivity contribution >= 4 is 28.3 Å². The van der Waals surface area contributed by atoms with Crippen LogP contribution in [0, 0.1) is 3.57 Å². The van der Waals surface area contributed by atoms with E-state index in [9.17, 15) is 0 Å². The van der Waals surface area contributed by atoms with Gasteiger partial charge in [-0.15, -0.1) is 0 Å². The van der Waals surface area contributed by atoms with Gasteiger partial charge in [0.15, 0.2) is 0 Å². The molecule has 1 aromatic rings. The zero-order chi connectivity index (χ0) is 9.40. The highest BCUT2D eigenvalue weighted by atomic mass is 127. The Kier molecular flexibility index (Phi) is 7.25. The van der Waals surface area contributed by atoms with Crippen LogP contribution in [0.2, 0.25) is 0 Å². The summed E-state index contributed by atoms with van der Waals surface area (Å²) in [5, 5.41) is 3.09. The molecule has 1 aromatic carbocycles. The zero-order valence-corrected chi connectivity index (χ0v) is 10.1. The van der Waals surface area contributed by atoms with Crippen molar-refractivity contribution < 1.29 is 0 Å². The molecule has 0 aliphatic heterocycles. The van der Waals surface area contributed by atoms with E-state index in [0.29, 0.717) is 0 Å². The molecule has 0 aliphatic carbocycles. The highest BCUT2D eigenvalue weighted by molar-refractivity contribution is 14.1. The SMILES string of the molecule is CCC.CNc1ccccc1I. The predicted molar refractivity (Wildman–Crippen MR) is 64.7 cm³/mol. The monoisotopic (exact) mass is 277 g/mol. The summed E-state index contributed by atoms with van der Waals surface area (Å²) in [6, 6.07) is 8.19. The molecular formula is C10H16IN. The molecule has 0 aromatic heterocycles. The third-order valence-electron chi connectivity index (χ3n) is 1.14. The summed E-state index contributed by atoms with van der Waals surface area (Å²) < 4.78 is 1.26. The average molecular weight is 277 g/mol. The molecule has 12 heavy (non-hydrogen) atoms. The van der Waals surface area contributed by atoms with E-state index in [1.54, 1.807) is 0 Å². The second-order valence-corrected chi connectivity index (χ2v) is 3.60. The molecular weight excluding hydrogens is 261 g/mol. The smallest absolute Gasteiger partial charge is 0.0473 e. The Bertz CT molecular complexity index is 211. The molecule has 0 amide bonds. The second-order valence-electron chi connectivity index (χ2n) is 2.44. The first kappa shape index (κ1) is 11.8. The summed E-state index contributed by atoms with van der Waals surface area (Å²) in [6.45, 7) is 4.25. The Labute approximate surface area is 88.7 Å². The van der Waals surface area contributed by atoms with Crippen LogP contribution in [0.4, 0.5) is 5.69 Å². The van der Waals surface area contributed by atoms with Crippen molar-refractivity contribution in [2.45, 2.75) is 20.3 Å². The van der Waals surface area contributed by atoms with Crippen LogP contribution in [0.15, 0.2) is 24.3 Å². The molecule has 1 rings (SSSR count). The van der Waals surface area contributed by atoms with Crippen LogP contribution in [0.3, 0.4) is 0 Å². The largest absolute Gasteiger partial charge is 0.387 e. The normalized spacial score (nSPS) is 8.33. The van der Waals surface area contributed by atoms with E-state index in [0.717, 1.165) is 0 Å². The Morgan fingerprint density at radius 2 is 1.75 bits per heavy atom. The molecule has 0 saturated carbocycles. The van der Waals surface area contributed by atoms with Gasteiger partial charge in [-0.3, -0.25) is 0 Å². The molecule has 0 aliphatic rings. The van der Waals surface area contributed by atoms with Gasteiger partial charge in [-0.2, -0.15) is 0 Å². The van der Waals surface area contributed by atoms with Gasteiger partial charge in [0.05, 0.1) is 0 Å². The predicted octanol–water partition coefficient (Wildman–Crippen LogP) is 3.75. The van der Waals surface area contributed by atoms with Crippen molar-refractivity contribution in [1.82, 2.24) is 0 Å². The molecule has 0 unspecified atom stereocenters. The van der Waals surface area contributed by atoms with Crippen LogP contribution >= 0.6 is 22.6 Å². The Morgan fingerprint density at radius 1 is 1.25 bits per heavy atom. The number of rotatable bonds is 1. The van der Waals surface area contributed by atoms with Crippen molar-refractivity contribution in [2.24, 2.45) is 0 Å². The maximum Gasteiger partial charge on any atom is 0.0473 e. The Hall–Kier alpha value is -0.250. The van der Waals surface area contributed by atoms with E-state index >= 15 is 0 Å². The minimum Gasteiger partial charge on any atom is -0.387 e. The summed E-state index contributed by atoms with van der Waals surface area (Å²) >= 11 is 2.30. The molecule has 2 heteroatoms. The molecule has 0 bridgehead atoms. The number of benzene rings is 1. The number of hydrogen-bond donors (Lipinski definition) is 1. The molecule has 0 radical (unpaired) electrons. The van der Waals surface area contributed by atoms with Crippen molar-refractivity contribution in [3.63, 3.8) is 0 Å². The van der Waals surface area contributed by atoms with Crippen LogP contribution in [-0.4, -0.2) is 7.05 Å². The van der Waals surface area contributed by atoms with Crippen LogP contribution < -0.4 is 5.32 Å². The van der Waals surface area contributed by atoms with Crippen molar-refractivity contribution in [2.75, 3.05) is 12.4 Å². The molecule has 0 heterocycles. The van der Waals surface area contributed by atoms with Crippen LogP contribution in [0.25, 0.3) is 0 Å². The third kappa shape index (κ3) is 4.59. The highest BCUT2D eigenvalue weighted by Crippen LogP contribution is 2.15. The van der Waals surface area contributed by atoms with Gasteiger partial charge in [0.2, 0.25) is 0 Å². The van der Waals surface area contributed by atoms with E-state index < -0.39 is 0 Å². The summed E-state index contributed by atoms with van der Waals surface area (Å²) in [4.78, 5) is 0. The summed E-state index contributed by atoms with van der Waals surface area (Å²) in [5.74, 6) is 0. The lowest BCUT2D eigenvalue weighted by Gasteiger charge is -1.99. The lowest BCUT2D eigenvalue weighted by molar-refractivity contribution is 1.09. The topological polar surface area (TPSA) is 12.0 Å². The number of para-hydroxylation sites is 1. The number of halogens is 1. The van der Waals surface area contributed by atoms with E-state index in [4.69, 9.17) is 0 Å². The highest BCUT2D eigenvalue weighted by Gasteiger charge is 1.90. The number of anilines is 1. The Morgan fingerprint density at radius 3 is 2.08 bits per heavy atom. The van der Waals surface area contributed by atoms with Crippen molar-refractivity contribution in [3.05, 3.63) is 27.8 Å². The number of hydrogen-bond acceptors (Lipinski definition) is 1. The summed E-state index contributed by atoms with van der Waals surface area (Å²) in [7, 11) is 1.93. The maximum absolute atomic E-state index is 3.09. The third-order valence-corrected chi connectivity index (χ3v) is 2.08. The lowest BCUT2D eigenvalue weighted by atomic mass is 10.3. The van der Waals surface area contributed by atoms with E-state index in [1.807, 2.05) is 19.2 Å².